The van der Waals surface area contributed by atoms with E-state index >= 15 is 0 Å². The van der Waals surface area contributed by atoms with Gasteiger partial charge in [0.25, 0.3) is 0 Å². The van der Waals surface area contributed by atoms with Gasteiger partial charge in [-0.15, -0.1) is 0 Å². The average molecular weight is 356 g/mol. The summed E-state index contributed by atoms with van der Waals surface area (Å²) in [4.78, 5) is 19.5. The van der Waals surface area contributed by atoms with E-state index in [1.165, 1.54) is 5.56 Å². The summed E-state index contributed by atoms with van der Waals surface area (Å²) in [7, 11) is 0. The minimum atomic E-state index is -0.925. The molecule has 3 heterocycles. The molecule has 2 saturated heterocycles. The van der Waals surface area contributed by atoms with Gasteiger partial charge in [0.2, 0.25) is 5.91 Å². The number of hydrogen-bond donors (Lipinski definition) is 1. The third-order valence-electron chi connectivity index (χ3n) is 5.62. The lowest BCUT2D eigenvalue weighted by Crippen LogP contribution is -2.50. The van der Waals surface area contributed by atoms with Crippen molar-refractivity contribution in [3.63, 3.8) is 0 Å². The highest BCUT2D eigenvalue weighted by Crippen LogP contribution is 2.31. The lowest BCUT2D eigenvalue weighted by molar-refractivity contribution is -0.133. The number of nitrogens with one attached hydrogen (secondary N) is 1. The summed E-state index contributed by atoms with van der Waals surface area (Å²) >= 11 is 0. The van der Waals surface area contributed by atoms with Crippen LogP contribution in [0, 0.1) is 22.7 Å². The molecular weight excluding hydrogens is 328 g/mol. The summed E-state index contributed by atoms with van der Waals surface area (Å²) in [6, 6.07) is 6.42. The highest BCUT2D eigenvalue weighted by Gasteiger charge is 2.43. The Labute approximate surface area is 155 Å². The van der Waals surface area contributed by atoms with Crippen LogP contribution in [0.3, 0.4) is 0 Å². The first-order valence-corrected chi connectivity index (χ1v) is 9.58. The second-order valence-corrected chi connectivity index (χ2v) is 7.49. The van der Waals surface area contributed by atoms with E-state index in [0.29, 0.717) is 32.0 Å². The number of pyridine rings is 1. The first-order valence-electron chi connectivity index (χ1n) is 9.58. The highest BCUT2D eigenvalue weighted by atomic mass is 16.5. The second kappa shape index (κ2) is 8.61. The van der Waals surface area contributed by atoms with Crippen molar-refractivity contribution in [3.8, 4) is 6.07 Å². The molecule has 2 fully saturated rings. The lowest BCUT2D eigenvalue weighted by atomic mass is 9.80. The van der Waals surface area contributed by atoms with E-state index in [4.69, 9.17) is 4.74 Å². The van der Waals surface area contributed by atoms with E-state index in [0.717, 1.165) is 32.5 Å². The Morgan fingerprint density at radius 2 is 2.27 bits per heavy atom. The molecule has 1 aromatic rings. The Bertz CT molecular complexity index is 637. The number of amides is 1. The van der Waals surface area contributed by atoms with Gasteiger partial charge >= 0.3 is 0 Å². The van der Waals surface area contributed by atoms with Crippen molar-refractivity contribution in [1.82, 2.24) is 15.2 Å². The summed E-state index contributed by atoms with van der Waals surface area (Å²) in [6.45, 7) is 5.78. The van der Waals surface area contributed by atoms with E-state index in [9.17, 15) is 10.1 Å². The quantitative estimate of drug-likeness (QED) is 0.845. The summed E-state index contributed by atoms with van der Waals surface area (Å²) in [5.41, 5.74) is 0.263. The number of likely N-dealkylation sites (tertiary alicyclic amines) is 1. The molecule has 0 radical (unpaired) electrons. The summed E-state index contributed by atoms with van der Waals surface area (Å²) < 4.78 is 5.34. The molecule has 3 rings (SSSR count). The van der Waals surface area contributed by atoms with Crippen LogP contribution in [0.25, 0.3) is 0 Å². The SMILES string of the molecule is CCC[C@@H]1CN(Cc2cccnc2)C[C@H]1NC(=O)C1(C#N)CCOCC1. The molecule has 6 nitrogen and oxygen atoms in total. The Balaban J connectivity index is 1.65. The first-order chi connectivity index (χ1) is 12.7. The molecule has 0 aromatic carbocycles. The number of carbonyl (C=O) groups excluding carboxylic acids is 1. The van der Waals surface area contributed by atoms with Crippen LogP contribution in [-0.2, 0) is 16.1 Å². The van der Waals surface area contributed by atoms with Gasteiger partial charge < -0.3 is 10.1 Å². The Morgan fingerprint density at radius 3 is 2.92 bits per heavy atom. The molecule has 1 aromatic heterocycles. The van der Waals surface area contributed by atoms with Gasteiger partial charge in [-0.05, 0) is 36.8 Å². The van der Waals surface area contributed by atoms with Crippen LogP contribution in [-0.4, -0.2) is 48.1 Å². The maximum absolute atomic E-state index is 12.9. The predicted octanol–water partition coefficient (Wildman–Crippen LogP) is 2.12. The van der Waals surface area contributed by atoms with Gasteiger partial charge in [0.15, 0.2) is 0 Å². The van der Waals surface area contributed by atoms with Gasteiger partial charge in [-0.2, -0.15) is 5.26 Å². The maximum Gasteiger partial charge on any atom is 0.240 e. The smallest absolute Gasteiger partial charge is 0.240 e. The fourth-order valence-corrected chi connectivity index (χ4v) is 4.08. The third-order valence-corrected chi connectivity index (χ3v) is 5.62. The number of aromatic nitrogens is 1. The van der Waals surface area contributed by atoms with Gasteiger partial charge in [0.05, 0.1) is 6.07 Å². The van der Waals surface area contributed by atoms with Crippen LogP contribution in [0.15, 0.2) is 24.5 Å². The van der Waals surface area contributed by atoms with Crippen molar-refractivity contribution < 1.29 is 9.53 Å². The van der Waals surface area contributed by atoms with Gasteiger partial charge in [-0.25, -0.2) is 0 Å². The fraction of sp³-hybridized carbons (Fsp3) is 0.650. The molecule has 1 amide bonds. The van der Waals surface area contributed by atoms with Crippen LogP contribution in [0.2, 0.25) is 0 Å². The van der Waals surface area contributed by atoms with Crippen molar-refractivity contribution in [3.05, 3.63) is 30.1 Å². The summed E-state index contributed by atoms with van der Waals surface area (Å²) in [5.74, 6) is 0.314. The predicted molar refractivity (Wildman–Crippen MR) is 97.9 cm³/mol. The Hall–Kier alpha value is -1.97. The van der Waals surface area contributed by atoms with E-state index in [1.807, 2.05) is 12.3 Å². The van der Waals surface area contributed by atoms with Crippen LogP contribution in [0.1, 0.15) is 38.2 Å². The van der Waals surface area contributed by atoms with Gasteiger partial charge in [0, 0.05) is 51.3 Å². The molecule has 0 aliphatic carbocycles. The number of nitriles is 1. The molecule has 1 N–H and O–H groups in total. The molecule has 2 aliphatic heterocycles. The normalized spacial score (nSPS) is 25.5. The zero-order chi connectivity index (χ0) is 18.4. The summed E-state index contributed by atoms with van der Waals surface area (Å²) in [6.07, 6.45) is 6.82. The monoisotopic (exact) mass is 356 g/mol. The lowest BCUT2D eigenvalue weighted by Gasteiger charge is -2.31. The van der Waals surface area contributed by atoms with Crippen molar-refractivity contribution >= 4 is 5.91 Å². The molecule has 0 saturated carbocycles. The zero-order valence-electron chi connectivity index (χ0n) is 15.5. The number of rotatable bonds is 6. The van der Waals surface area contributed by atoms with Crippen LogP contribution in [0.5, 0.6) is 0 Å². The average Bonchev–Trinajstić information content (AvgIpc) is 3.04. The van der Waals surface area contributed by atoms with Crippen LogP contribution >= 0.6 is 0 Å². The minimum Gasteiger partial charge on any atom is -0.381 e. The van der Waals surface area contributed by atoms with E-state index in [2.05, 4.69) is 34.3 Å². The van der Waals surface area contributed by atoms with Crippen molar-refractivity contribution in [2.24, 2.45) is 11.3 Å². The number of hydrogen-bond acceptors (Lipinski definition) is 5. The largest absolute Gasteiger partial charge is 0.381 e. The molecule has 0 bridgehead atoms. The van der Waals surface area contributed by atoms with Crippen molar-refractivity contribution in [2.75, 3.05) is 26.3 Å². The molecule has 2 aliphatic rings. The van der Waals surface area contributed by atoms with Crippen molar-refractivity contribution in [1.29, 1.82) is 5.26 Å². The first kappa shape index (κ1) is 18.8. The molecular formula is C20H28N4O2. The van der Waals surface area contributed by atoms with Gasteiger partial charge in [0.1, 0.15) is 5.41 Å². The number of carbonyl (C=O) groups is 1. The number of ether oxygens (including phenoxy) is 1. The highest BCUT2D eigenvalue weighted by molar-refractivity contribution is 5.85. The standard InChI is InChI=1S/C20H28N4O2/c1-2-4-17-13-24(12-16-5-3-8-22-11-16)14-18(17)23-19(25)20(15-21)6-9-26-10-7-20/h3,5,8,11,17-18H,2,4,6-7,9-10,12-14H2,1H3,(H,23,25)/t17-,18-/m1/s1. The molecule has 140 valence electrons. The molecule has 6 heteroatoms. The van der Waals surface area contributed by atoms with Crippen LogP contribution < -0.4 is 5.32 Å². The van der Waals surface area contributed by atoms with E-state index < -0.39 is 5.41 Å². The van der Waals surface area contributed by atoms with E-state index in [-0.39, 0.29) is 11.9 Å². The maximum atomic E-state index is 12.9. The zero-order valence-corrected chi connectivity index (χ0v) is 15.5. The molecule has 2 atom stereocenters. The molecule has 0 spiro atoms. The molecule has 26 heavy (non-hydrogen) atoms. The fourth-order valence-electron chi connectivity index (χ4n) is 4.08. The van der Waals surface area contributed by atoms with E-state index in [1.54, 1.807) is 6.20 Å². The van der Waals surface area contributed by atoms with Crippen LogP contribution in [0.4, 0.5) is 0 Å². The minimum absolute atomic E-state index is 0.104. The second-order valence-electron chi connectivity index (χ2n) is 7.49. The Morgan fingerprint density at radius 1 is 1.46 bits per heavy atom. The Kier molecular flexibility index (Phi) is 6.23. The van der Waals surface area contributed by atoms with Crippen molar-refractivity contribution in [2.45, 2.75) is 45.2 Å². The van der Waals surface area contributed by atoms with Gasteiger partial charge in [-0.1, -0.05) is 19.4 Å². The number of nitrogens with zero attached hydrogens (tertiary/aromatic N) is 3. The summed E-state index contributed by atoms with van der Waals surface area (Å²) in [5, 5.41) is 12.8. The third kappa shape index (κ3) is 4.22. The van der Waals surface area contributed by atoms with Gasteiger partial charge in [-0.3, -0.25) is 14.7 Å². The molecule has 0 unspecified atom stereocenters. The topological polar surface area (TPSA) is 78.3 Å².